The lowest BCUT2D eigenvalue weighted by atomic mass is 10.1. The fraction of sp³-hybridized carbons (Fsp3) is 0.222. The van der Waals surface area contributed by atoms with Gasteiger partial charge in [0.05, 0.1) is 28.4 Å². The first-order valence-corrected chi connectivity index (χ1v) is 8.22. The van der Waals surface area contributed by atoms with Gasteiger partial charge in [-0.3, -0.25) is 4.79 Å². The third kappa shape index (κ3) is 2.98. The topological polar surface area (TPSA) is 66.9 Å². The predicted octanol–water partition coefficient (Wildman–Crippen LogP) is 3.56. The van der Waals surface area contributed by atoms with Crippen molar-refractivity contribution in [2.45, 2.75) is 0 Å². The number of ether oxygens (including phenoxy) is 4. The highest BCUT2D eigenvalue weighted by atomic mass is 32.1. The molecule has 0 aliphatic heterocycles. The van der Waals surface area contributed by atoms with Gasteiger partial charge in [0.1, 0.15) is 21.7 Å². The number of rotatable bonds is 6. The quantitative estimate of drug-likeness (QED) is 0.627. The van der Waals surface area contributed by atoms with E-state index in [0.717, 1.165) is 4.70 Å². The van der Waals surface area contributed by atoms with Crippen molar-refractivity contribution < 1.29 is 23.7 Å². The third-order valence-electron chi connectivity index (χ3n) is 3.75. The van der Waals surface area contributed by atoms with Crippen molar-refractivity contribution in [3.63, 3.8) is 0 Å². The van der Waals surface area contributed by atoms with Gasteiger partial charge in [-0.1, -0.05) is 0 Å². The minimum Gasteiger partial charge on any atom is -0.495 e. The summed E-state index contributed by atoms with van der Waals surface area (Å²) in [7, 11) is 6.22. The fourth-order valence-electron chi connectivity index (χ4n) is 2.48. The molecule has 130 valence electrons. The van der Waals surface area contributed by atoms with Crippen LogP contribution in [-0.4, -0.2) is 39.2 Å². The summed E-state index contributed by atoms with van der Waals surface area (Å²) in [5, 5.41) is 0.352. The molecule has 25 heavy (non-hydrogen) atoms. The lowest BCUT2D eigenvalue weighted by molar-refractivity contribution is 0.103. The van der Waals surface area contributed by atoms with Gasteiger partial charge in [0.2, 0.25) is 5.78 Å². The van der Waals surface area contributed by atoms with Gasteiger partial charge in [0.15, 0.2) is 16.5 Å². The first-order chi connectivity index (χ1) is 12.1. The molecule has 6 nitrogen and oxygen atoms in total. The molecule has 3 rings (SSSR count). The minimum atomic E-state index is -0.203. The van der Waals surface area contributed by atoms with E-state index in [1.807, 2.05) is 0 Å². The molecule has 2 aromatic carbocycles. The van der Waals surface area contributed by atoms with E-state index in [1.54, 1.807) is 51.7 Å². The Hall–Kier alpha value is -2.80. The number of benzene rings is 2. The number of thiazole rings is 1. The van der Waals surface area contributed by atoms with Crippen molar-refractivity contribution in [1.82, 2.24) is 4.98 Å². The number of methoxy groups -OCH3 is 4. The molecule has 0 aliphatic carbocycles. The normalized spacial score (nSPS) is 10.6. The van der Waals surface area contributed by atoms with Crippen LogP contribution in [0.5, 0.6) is 23.0 Å². The molecule has 0 aliphatic rings. The second-order valence-electron chi connectivity index (χ2n) is 5.07. The fourth-order valence-corrected chi connectivity index (χ4v) is 3.52. The molecule has 0 spiro atoms. The van der Waals surface area contributed by atoms with Crippen LogP contribution in [0.3, 0.4) is 0 Å². The van der Waals surface area contributed by atoms with E-state index in [2.05, 4.69) is 4.98 Å². The number of hydrogen-bond acceptors (Lipinski definition) is 7. The average Bonchev–Trinajstić information content (AvgIpc) is 3.11. The molecule has 1 aromatic heterocycles. The zero-order chi connectivity index (χ0) is 18.0. The van der Waals surface area contributed by atoms with Crippen molar-refractivity contribution >= 4 is 27.3 Å². The Labute approximate surface area is 148 Å². The molecule has 0 N–H and O–H groups in total. The summed E-state index contributed by atoms with van der Waals surface area (Å²) < 4.78 is 21.9. The number of hydrogen-bond donors (Lipinski definition) is 0. The second kappa shape index (κ2) is 6.98. The highest BCUT2D eigenvalue weighted by molar-refractivity contribution is 7.20. The summed E-state index contributed by atoms with van der Waals surface area (Å²) in [6.45, 7) is 0. The van der Waals surface area contributed by atoms with Crippen molar-refractivity contribution in [2.24, 2.45) is 0 Å². The van der Waals surface area contributed by atoms with Crippen LogP contribution in [0.1, 0.15) is 15.4 Å². The zero-order valence-corrected chi connectivity index (χ0v) is 15.1. The number of ketones is 1. The van der Waals surface area contributed by atoms with Crippen LogP contribution in [0.4, 0.5) is 0 Å². The Morgan fingerprint density at radius 1 is 0.840 bits per heavy atom. The molecular weight excluding hydrogens is 342 g/mol. The molecule has 0 unspecified atom stereocenters. The first kappa shape index (κ1) is 17.0. The molecule has 0 amide bonds. The summed E-state index contributed by atoms with van der Waals surface area (Å²) in [6, 6.07) is 8.59. The van der Waals surface area contributed by atoms with E-state index in [0.29, 0.717) is 39.1 Å². The predicted molar refractivity (Wildman–Crippen MR) is 95.7 cm³/mol. The molecular formula is C18H17NO5S. The van der Waals surface area contributed by atoms with E-state index >= 15 is 0 Å². The second-order valence-corrected chi connectivity index (χ2v) is 6.06. The monoisotopic (exact) mass is 359 g/mol. The Bertz CT molecular complexity index is 894. The number of carbonyl (C=O) groups is 1. The van der Waals surface area contributed by atoms with Crippen LogP contribution in [0.25, 0.3) is 10.2 Å². The van der Waals surface area contributed by atoms with E-state index in [1.165, 1.54) is 18.4 Å². The van der Waals surface area contributed by atoms with Gasteiger partial charge in [-0.05, 0) is 30.3 Å². The molecule has 0 fully saturated rings. The lowest BCUT2D eigenvalue weighted by Gasteiger charge is -2.08. The summed E-state index contributed by atoms with van der Waals surface area (Å²) >= 11 is 1.27. The maximum atomic E-state index is 12.9. The van der Waals surface area contributed by atoms with E-state index < -0.39 is 0 Å². The summed E-state index contributed by atoms with van der Waals surface area (Å²) in [5.74, 6) is 2.10. The van der Waals surface area contributed by atoms with Gasteiger partial charge in [-0.2, -0.15) is 0 Å². The number of aromatic nitrogens is 1. The smallest absolute Gasteiger partial charge is 0.221 e. The molecule has 1 heterocycles. The van der Waals surface area contributed by atoms with Gasteiger partial charge in [-0.25, -0.2) is 4.98 Å². The molecule has 0 saturated heterocycles. The van der Waals surface area contributed by atoms with Crippen molar-refractivity contribution in [3.05, 3.63) is 40.9 Å². The van der Waals surface area contributed by atoms with E-state index in [-0.39, 0.29) is 5.78 Å². The van der Waals surface area contributed by atoms with Crippen LogP contribution in [0, 0.1) is 0 Å². The van der Waals surface area contributed by atoms with Crippen molar-refractivity contribution in [3.8, 4) is 23.0 Å². The number of carbonyl (C=O) groups excluding carboxylic acids is 1. The molecule has 0 saturated carbocycles. The Morgan fingerprint density at radius 2 is 1.44 bits per heavy atom. The summed E-state index contributed by atoms with van der Waals surface area (Å²) in [6.07, 6.45) is 0. The van der Waals surface area contributed by atoms with Gasteiger partial charge in [0.25, 0.3) is 0 Å². The lowest BCUT2D eigenvalue weighted by Crippen LogP contribution is -2.02. The molecule has 3 aromatic rings. The zero-order valence-electron chi connectivity index (χ0n) is 14.3. The first-order valence-electron chi connectivity index (χ1n) is 7.41. The van der Waals surface area contributed by atoms with Crippen LogP contribution in [-0.2, 0) is 0 Å². The molecule has 0 bridgehead atoms. The minimum absolute atomic E-state index is 0.203. The maximum absolute atomic E-state index is 12.9. The largest absolute Gasteiger partial charge is 0.495 e. The Morgan fingerprint density at radius 3 is 2.08 bits per heavy atom. The molecule has 7 heteroatoms. The highest BCUT2D eigenvalue weighted by Gasteiger charge is 2.20. The van der Waals surface area contributed by atoms with Crippen LogP contribution < -0.4 is 18.9 Å². The number of fused-ring (bicyclic) bond motifs is 1. The Kier molecular flexibility index (Phi) is 4.76. The standard InChI is InChI=1S/C18H17NO5S/c1-21-11-6-5-10(9-14(11)24-4)16(20)18-19-15-12(22-2)7-8-13(23-3)17(15)25-18/h5-9H,1-4H3. The van der Waals surface area contributed by atoms with Crippen LogP contribution in [0.2, 0.25) is 0 Å². The molecule has 0 radical (unpaired) electrons. The SMILES string of the molecule is COc1ccc(C(=O)c2nc3c(OC)ccc(OC)c3s2)cc1OC. The highest BCUT2D eigenvalue weighted by Crippen LogP contribution is 2.38. The van der Waals surface area contributed by atoms with Gasteiger partial charge in [-0.15, -0.1) is 11.3 Å². The van der Waals surface area contributed by atoms with E-state index in [9.17, 15) is 4.79 Å². The maximum Gasteiger partial charge on any atom is 0.221 e. The summed E-state index contributed by atoms with van der Waals surface area (Å²) in [5.41, 5.74) is 1.07. The van der Waals surface area contributed by atoms with Gasteiger partial charge < -0.3 is 18.9 Å². The van der Waals surface area contributed by atoms with Gasteiger partial charge in [0, 0.05) is 5.56 Å². The number of nitrogens with zero attached hydrogens (tertiary/aromatic N) is 1. The third-order valence-corrected chi connectivity index (χ3v) is 4.82. The molecule has 0 atom stereocenters. The van der Waals surface area contributed by atoms with Gasteiger partial charge >= 0.3 is 0 Å². The van der Waals surface area contributed by atoms with Crippen LogP contribution in [0.15, 0.2) is 30.3 Å². The van der Waals surface area contributed by atoms with Crippen molar-refractivity contribution in [1.29, 1.82) is 0 Å². The van der Waals surface area contributed by atoms with Crippen LogP contribution >= 0.6 is 11.3 Å². The Balaban J connectivity index is 2.08. The van der Waals surface area contributed by atoms with Crippen molar-refractivity contribution in [2.75, 3.05) is 28.4 Å². The van der Waals surface area contributed by atoms with E-state index in [4.69, 9.17) is 18.9 Å². The summed E-state index contributed by atoms with van der Waals surface area (Å²) in [4.78, 5) is 17.3. The average molecular weight is 359 g/mol.